The average molecular weight is 923 g/mol. The number of amides is 4. The molecule has 0 bridgehead atoms. The van der Waals surface area contributed by atoms with E-state index in [1.165, 1.54) is 6.20 Å². The minimum Gasteiger partial charge on any atom is -0.494 e. The van der Waals surface area contributed by atoms with E-state index in [4.69, 9.17) is 16.3 Å². The highest BCUT2D eigenvalue weighted by Crippen LogP contribution is 2.40. The zero-order valence-electron chi connectivity index (χ0n) is 37.1. The lowest BCUT2D eigenvalue weighted by Gasteiger charge is -2.44. The van der Waals surface area contributed by atoms with Crippen LogP contribution in [0.2, 0.25) is 5.02 Å². The number of halogens is 1. The summed E-state index contributed by atoms with van der Waals surface area (Å²) in [4.78, 5) is 70.4. The first-order chi connectivity index (χ1) is 31.3. The topological polar surface area (TPSA) is 173 Å². The number of imide groups is 2. The average Bonchev–Trinajstić information content (AvgIpc) is 3.53. The van der Waals surface area contributed by atoms with Crippen molar-refractivity contribution in [2.45, 2.75) is 50.6 Å². The van der Waals surface area contributed by atoms with Gasteiger partial charge in [0.25, 0.3) is 11.8 Å². The zero-order chi connectivity index (χ0) is 45.4. The zero-order valence-corrected chi connectivity index (χ0v) is 38.7. The van der Waals surface area contributed by atoms with Gasteiger partial charge in [0.1, 0.15) is 24.0 Å². The van der Waals surface area contributed by atoms with E-state index in [0.717, 1.165) is 112 Å². The van der Waals surface area contributed by atoms with Gasteiger partial charge in [0.2, 0.25) is 17.8 Å². The molecule has 65 heavy (non-hydrogen) atoms. The molecule has 3 N–H and O–H groups in total. The fourth-order valence-corrected chi connectivity index (χ4v) is 11.1. The molecule has 9 rings (SSSR count). The summed E-state index contributed by atoms with van der Waals surface area (Å²) in [6, 6.07) is 18.6. The monoisotopic (exact) mass is 922 g/mol. The molecule has 5 aliphatic rings. The summed E-state index contributed by atoms with van der Waals surface area (Å²) in [6.07, 6.45) is 6.30. The lowest BCUT2D eigenvalue weighted by atomic mass is 9.93. The number of rotatable bonds is 14. The van der Waals surface area contributed by atoms with Crippen LogP contribution in [-0.2, 0) is 14.2 Å². The van der Waals surface area contributed by atoms with Gasteiger partial charge < -0.3 is 34.6 Å². The molecule has 342 valence electrons. The molecule has 4 saturated heterocycles. The maximum atomic E-state index is 13.3. The number of para-hydroxylation sites is 1. The first kappa shape index (κ1) is 44.7. The van der Waals surface area contributed by atoms with Gasteiger partial charge in [-0.3, -0.25) is 34.3 Å². The summed E-state index contributed by atoms with van der Waals surface area (Å²) < 4.78 is 18.7. The van der Waals surface area contributed by atoms with Crippen molar-refractivity contribution in [1.29, 1.82) is 0 Å². The summed E-state index contributed by atoms with van der Waals surface area (Å²) in [6.45, 7) is 12.7. The number of aromatic nitrogens is 2. The molecule has 0 aliphatic carbocycles. The van der Waals surface area contributed by atoms with E-state index in [-0.39, 0.29) is 18.7 Å². The quantitative estimate of drug-likeness (QED) is 0.103. The highest BCUT2D eigenvalue weighted by atomic mass is 35.5. The van der Waals surface area contributed by atoms with Gasteiger partial charge in [-0.1, -0.05) is 23.7 Å². The predicted molar refractivity (Wildman–Crippen MR) is 253 cm³/mol. The number of methoxy groups -OCH3 is 1. The van der Waals surface area contributed by atoms with Crippen LogP contribution in [0.15, 0.2) is 66.9 Å². The minimum absolute atomic E-state index is 0.101. The molecule has 5 aliphatic heterocycles. The van der Waals surface area contributed by atoms with E-state index in [9.17, 15) is 23.7 Å². The Hall–Kier alpha value is -5.54. The maximum absolute atomic E-state index is 13.3. The van der Waals surface area contributed by atoms with Crippen LogP contribution in [0.1, 0.15) is 59.2 Å². The fraction of sp³-hybridized carbons (Fsp3) is 0.447. The number of anilines is 6. The molecule has 1 unspecified atom stereocenters. The van der Waals surface area contributed by atoms with E-state index in [1.807, 2.05) is 36.4 Å². The third kappa shape index (κ3) is 9.58. The first-order valence-corrected chi connectivity index (χ1v) is 25.5. The molecule has 4 amide bonds. The Labute approximate surface area is 384 Å². The van der Waals surface area contributed by atoms with Gasteiger partial charge in [0.05, 0.1) is 35.8 Å². The SMILES string of the molecule is COc1cc(N2CCC(N3CCN(CCCC4CN(c5ccc6c(c5)C(=O)N(C5CCC(=O)NC5=O)C6=O)C4)CC3)CC2)ccc1Nc1ncc(Cl)c(Nc2ccccc2P(C)(C)=O)n1. The number of carbonyl (C=O) groups is 4. The molecule has 18 heteroatoms. The van der Waals surface area contributed by atoms with E-state index in [2.05, 4.69) is 57.7 Å². The van der Waals surface area contributed by atoms with E-state index in [0.29, 0.717) is 51.3 Å². The second-order valence-corrected chi connectivity index (χ2v) is 21.7. The van der Waals surface area contributed by atoms with Crippen LogP contribution in [0, 0.1) is 5.92 Å². The number of piperazine rings is 1. The third-order valence-electron chi connectivity index (χ3n) is 13.5. The van der Waals surface area contributed by atoms with Crippen LogP contribution in [0.25, 0.3) is 0 Å². The molecule has 1 aromatic heterocycles. The standard InChI is InChI=1S/C47H56ClN10O6P/c1-64-40-26-33(11-13-37(40)51-47-49-27-36(48)43(53-47)50-38-8-4-5-9-41(38)65(2,3)63)55-19-16-31(17-20-55)56-23-21-54(22-24-56)18-6-7-30-28-57(29-30)32-10-12-34-35(25-32)46(62)58(45(34)61)39-14-15-42(59)52-44(39)60/h4-5,8-13,25-27,30-31,39H,6-7,14-24,28-29H2,1-3H3,(H,52,59,60)(H2,49,50,51,53). The summed E-state index contributed by atoms with van der Waals surface area (Å²) in [5, 5.41) is 9.86. The number of ether oxygens (including phenoxy) is 1. The van der Waals surface area contributed by atoms with Crippen LogP contribution >= 0.6 is 18.7 Å². The lowest BCUT2D eigenvalue weighted by molar-refractivity contribution is -0.136. The Morgan fingerprint density at radius 3 is 2.29 bits per heavy atom. The van der Waals surface area contributed by atoms with Crippen molar-refractivity contribution < 1.29 is 28.5 Å². The largest absolute Gasteiger partial charge is 0.494 e. The summed E-state index contributed by atoms with van der Waals surface area (Å²) in [5.41, 5.74) is 4.09. The van der Waals surface area contributed by atoms with Crippen molar-refractivity contribution >= 4 is 82.2 Å². The number of carbonyl (C=O) groups excluding carboxylic acids is 4. The molecule has 6 heterocycles. The number of piperidine rings is 2. The Balaban J connectivity index is 0.697. The number of hydrogen-bond donors (Lipinski definition) is 3. The molecular weight excluding hydrogens is 867 g/mol. The summed E-state index contributed by atoms with van der Waals surface area (Å²) in [5.74, 6) is 0.0981. The Morgan fingerprint density at radius 1 is 0.831 bits per heavy atom. The number of nitrogens with one attached hydrogen (secondary N) is 3. The molecule has 4 aromatic rings. The van der Waals surface area contributed by atoms with Crippen molar-refractivity contribution in [3.05, 3.63) is 83.0 Å². The van der Waals surface area contributed by atoms with Gasteiger partial charge in [-0.2, -0.15) is 4.98 Å². The van der Waals surface area contributed by atoms with Crippen molar-refractivity contribution in [2.24, 2.45) is 5.92 Å². The predicted octanol–water partition coefficient (Wildman–Crippen LogP) is 5.78. The van der Waals surface area contributed by atoms with Crippen LogP contribution in [0.5, 0.6) is 5.75 Å². The van der Waals surface area contributed by atoms with Crippen LogP contribution in [0.4, 0.5) is 34.5 Å². The molecule has 0 spiro atoms. The summed E-state index contributed by atoms with van der Waals surface area (Å²) >= 11 is 6.49. The summed E-state index contributed by atoms with van der Waals surface area (Å²) in [7, 11) is -0.889. The normalized spacial score (nSPS) is 20.2. The molecule has 3 aromatic carbocycles. The van der Waals surface area contributed by atoms with Gasteiger partial charge >= 0.3 is 0 Å². The second-order valence-electron chi connectivity index (χ2n) is 18.1. The van der Waals surface area contributed by atoms with Gasteiger partial charge in [-0.25, -0.2) is 4.98 Å². The van der Waals surface area contributed by atoms with Crippen LogP contribution in [0.3, 0.4) is 0 Å². The van der Waals surface area contributed by atoms with Crippen molar-refractivity contribution in [2.75, 3.05) is 99.8 Å². The molecule has 16 nitrogen and oxygen atoms in total. The van der Waals surface area contributed by atoms with E-state index < -0.39 is 30.9 Å². The first-order valence-electron chi connectivity index (χ1n) is 22.5. The van der Waals surface area contributed by atoms with E-state index in [1.54, 1.807) is 32.6 Å². The van der Waals surface area contributed by atoms with E-state index >= 15 is 0 Å². The Kier molecular flexibility index (Phi) is 12.9. The number of hydrogen-bond acceptors (Lipinski definition) is 14. The van der Waals surface area contributed by atoms with Gasteiger partial charge in [-0.15, -0.1) is 0 Å². The Bertz CT molecular complexity index is 2530. The fourth-order valence-electron chi connectivity index (χ4n) is 9.86. The van der Waals surface area contributed by atoms with Gasteiger partial charge in [0, 0.05) is 87.6 Å². The Morgan fingerprint density at radius 2 is 1.55 bits per heavy atom. The highest BCUT2D eigenvalue weighted by Gasteiger charge is 2.45. The minimum atomic E-state index is -2.55. The number of nitrogens with zero attached hydrogens (tertiary/aromatic N) is 7. The van der Waals surface area contributed by atoms with Crippen LogP contribution < -0.4 is 35.8 Å². The van der Waals surface area contributed by atoms with Gasteiger partial charge in [-0.05, 0) is 100 Å². The number of benzene rings is 3. The van der Waals surface area contributed by atoms with Crippen molar-refractivity contribution in [1.82, 2.24) is 30.0 Å². The highest BCUT2D eigenvalue weighted by molar-refractivity contribution is 7.70. The molecule has 0 radical (unpaired) electrons. The van der Waals surface area contributed by atoms with Crippen molar-refractivity contribution in [3.8, 4) is 5.75 Å². The second kappa shape index (κ2) is 18.7. The lowest BCUT2D eigenvalue weighted by Crippen LogP contribution is -2.54. The number of fused-ring (bicyclic) bond motifs is 1. The smallest absolute Gasteiger partial charge is 0.262 e. The maximum Gasteiger partial charge on any atom is 0.262 e. The molecule has 1 atom stereocenters. The molecule has 0 saturated carbocycles. The van der Waals surface area contributed by atoms with Crippen molar-refractivity contribution in [3.63, 3.8) is 0 Å². The van der Waals surface area contributed by atoms with Crippen LogP contribution in [-0.4, -0.2) is 140 Å². The van der Waals surface area contributed by atoms with Gasteiger partial charge in [0.15, 0.2) is 5.82 Å². The molecular formula is C47H56ClN10O6P. The third-order valence-corrected chi connectivity index (χ3v) is 15.3. The molecule has 4 fully saturated rings.